The molecule has 1 fully saturated rings. The summed E-state index contributed by atoms with van der Waals surface area (Å²) in [5.41, 5.74) is 4.00. The lowest BCUT2D eigenvalue weighted by Gasteiger charge is -2.28. The standard InChI is InChI=1S/C15H19ClN2.C7H6O2/c1-10-7-12-9-14(17-15(12)13(16)8-10)11-3-5-18(2)6-4-11;8-7(9)6-4-2-1-3-5-6/h7-9,11,17H,3-6H2,1-2H3;1-5H,(H,8,9). The Kier molecular flexibility index (Phi) is 6.19. The van der Waals surface area contributed by atoms with E-state index in [4.69, 9.17) is 16.7 Å². The highest BCUT2D eigenvalue weighted by Gasteiger charge is 2.20. The number of aromatic amines is 1. The minimum absolute atomic E-state index is 0.331. The first-order valence-electron chi connectivity index (χ1n) is 9.19. The fourth-order valence-corrected chi connectivity index (χ4v) is 3.81. The van der Waals surface area contributed by atoms with Gasteiger partial charge in [0.05, 0.1) is 16.1 Å². The van der Waals surface area contributed by atoms with Crippen molar-refractivity contribution in [3.63, 3.8) is 0 Å². The van der Waals surface area contributed by atoms with Crippen LogP contribution in [0.5, 0.6) is 0 Å². The highest BCUT2D eigenvalue weighted by atomic mass is 35.5. The Morgan fingerprint density at radius 2 is 1.81 bits per heavy atom. The average molecular weight is 385 g/mol. The van der Waals surface area contributed by atoms with Gasteiger partial charge in [0.2, 0.25) is 0 Å². The molecule has 2 aromatic carbocycles. The zero-order valence-electron chi connectivity index (χ0n) is 15.7. The Labute approximate surface area is 164 Å². The van der Waals surface area contributed by atoms with E-state index < -0.39 is 5.97 Å². The van der Waals surface area contributed by atoms with Crippen molar-refractivity contribution in [2.75, 3.05) is 20.1 Å². The Bertz CT molecular complexity index is 913. The summed E-state index contributed by atoms with van der Waals surface area (Å²) in [4.78, 5) is 16.1. The van der Waals surface area contributed by atoms with Gasteiger partial charge in [-0.15, -0.1) is 0 Å². The number of aromatic nitrogens is 1. The van der Waals surface area contributed by atoms with Gasteiger partial charge in [-0.05, 0) is 75.8 Å². The van der Waals surface area contributed by atoms with Gasteiger partial charge in [0.25, 0.3) is 0 Å². The van der Waals surface area contributed by atoms with Crippen LogP contribution in [0.3, 0.4) is 0 Å². The molecule has 0 unspecified atom stereocenters. The van der Waals surface area contributed by atoms with Gasteiger partial charge in [0, 0.05) is 17.0 Å². The van der Waals surface area contributed by atoms with Crippen molar-refractivity contribution in [3.05, 3.63) is 70.4 Å². The first-order valence-corrected chi connectivity index (χ1v) is 9.57. The number of H-pyrrole nitrogens is 1. The Morgan fingerprint density at radius 1 is 1.15 bits per heavy atom. The normalized spacial score (nSPS) is 15.4. The van der Waals surface area contributed by atoms with Crippen LogP contribution in [-0.4, -0.2) is 41.1 Å². The summed E-state index contributed by atoms with van der Waals surface area (Å²) in [5, 5.41) is 10.5. The van der Waals surface area contributed by atoms with Gasteiger partial charge in [-0.25, -0.2) is 4.79 Å². The van der Waals surface area contributed by atoms with Crippen molar-refractivity contribution in [1.29, 1.82) is 0 Å². The third-order valence-corrected chi connectivity index (χ3v) is 5.32. The molecule has 0 saturated carbocycles. The van der Waals surface area contributed by atoms with E-state index in [0.29, 0.717) is 11.5 Å². The number of likely N-dealkylation sites (tertiary alicyclic amines) is 1. The minimum atomic E-state index is -0.879. The van der Waals surface area contributed by atoms with Crippen molar-refractivity contribution in [3.8, 4) is 0 Å². The average Bonchev–Trinajstić information content (AvgIpc) is 3.08. The predicted octanol–water partition coefficient (Wildman–Crippen LogP) is 5.32. The number of rotatable bonds is 2. The van der Waals surface area contributed by atoms with Crippen LogP contribution in [0.15, 0.2) is 48.5 Å². The number of carbonyl (C=O) groups is 1. The molecule has 0 spiro atoms. The van der Waals surface area contributed by atoms with Crippen molar-refractivity contribution >= 4 is 28.5 Å². The third kappa shape index (κ3) is 4.90. The maximum absolute atomic E-state index is 10.2. The number of aryl methyl sites for hydroxylation is 1. The summed E-state index contributed by atoms with van der Waals surface area (Å²) < 4.78 is 0. The summed E-state index contributed by atoms with van der Waals surface area (Å²) in [7, 11) is 2.20. The molecule has 4 rings (SSSR count). The number of fused-ring (bicyclic) bond motifs is 1. The summed E-state index contributed by atoms with van der Waals surface area (Å²) in [6.07, 6.45) is 2.47. The monoisotopic (exact) mass is 384 g/mol. The SMILES string of the molecule is Cc1cc(Cl)c2[nH]c(C3CCN(C)CC3)cc2c1.O=C(O)c1ccccc1. The third-order valence-electron chi connectivity index (χ3n) is 5.02. The molecular formula is C22H25ClN2O2. The molecule has 0 atom stereocenters. The molecule has 0 radical (unpaired) electrons. The van der Waals surface area contributed by atoms with Gasteiger partial charge < -0.3 is 15.0 Å². The van der Waals surface area contributed by atoms with Crippen LogP contribution in [0.4, 0.5) is 0 Å². The zero-order chi connectivity index (χ0) is 19.4. The number of piperidine rings is 1. The molecular weight excluding hydrogens is 360 g/mol. The molecule has 0 aliphatic carbocycles. The smallest absolute Gasteiger partial charge is 0.335 e. The van der Waals surface area contributed by atoms with Crippen LogP contribution in [0.1, 0.15) is 40.4 Å². The topological polar surface area (TPSA) is 56.3 Å². The fraction of sp³-hybridized carbons (Fsp3) is 0.318. The molecule has 1 aromatic heterocycles. The minimum Gasteiger partial charge on any atom is -0.478 e. The molecule has 4 nitrogen and oxygen atoms in total. The molecule has 0 bridgehead atoms. The van der Waals surface area contributed by atoms with Crippen molar-refractivity contribution < 1.29 is 9.90 Å². The van der Waals surface area contributed by atoms with Gasteiger partial charge in [-0.2, -0.15) is 0 Å². The molecule has 2 N–H and O–H groups in total. The molecule has 142 valence electrons. The van der Waals surface area contributed by atoms with Gasteiger partial charge in [-0.3, -0.25) is 0 Å². The highest BCUT2D eigenvalue weighted by molar-refractivity contribution is 6.35. The van der Waals surface area contributed by atoms with Crippen LogP contribution in [0.2, 0.25) is 5.02 Å². The molecule has 5 heteroatoms. The summed E-state index contributed by atoms with van der Waals surface area (Å²) in [5.74, 6) is -0.222. The molecule has 0 amide bonds. The predicted molar refractivity (Wildman–Crippen MR) is 111 cm³/mol. The lowest BCUT2D eigenvalue weighted by atomic mass is 9.94. The van der Waals surface area contributed by atoms with E-state index in [0.717, 1.165) is 10.5 Å². The molecule has 3 aromatic rings. The van der Waals surface area contributed by atoms with E-state index >= 15 is 0 Å². The number of nitrogens with zero attached hydrogens (tertiary/aromatic N) is 1. The maximum atomic E-state index is 10.2. The van der Waals surface area contributed by atoms with E-state index in [1.807, 2.05) is 6.07 Å². The van der Waals surface area contributed by atoms with Crippen molar-refractivity contribution in [2.45, 2.75) is 25.7 Å². The number of hydrogen-bond donors (Lipinski definition) is 2. The van der Waals surface area contributed by atoms with Crippen LogP contribution < -0.4 is 0 Å². The van der Waals surface area contributed by atoms with E-state index in [1.165, 1.54) is 42.6 Å². The van der Waals surface area contributed by atoms with Gasteiger partial charge in [-0.1, -0.05) is 29.8 Å². The van der Waals surface area contributed by atoms with Crippen LogP contribution in [0, 0.1) is 6.92 Å². The lowest BCUT2D eigenvalue weighted by molar-refractivity contribution is 0.0697. The molecule has 1 saturated heterocycles. The number of benzene rings is 2. The first kappa shape index (κ1) is 19.5. The maximum Gasteiger partial charge on any atom is 0.335 e. The van der Waals surface area contributed by atoms with Gasteiger partial charge in [0.1, 0.15) is 0 Å². The largest absolute Gasteiger partial charge is 0.478 e. The van der Waals surface area contributed by atoms with E-state index in [-0.39, 0.29) is 0 Å². The van der Waals surface area contributed by atoms with Crippen LogP contribution in [-0.2, 0) is 0 Å². The van der Waals surface area contributed by atoms with Gasteiger partial charge >= 0.3 is 5.97 Å². The van der Waals surface area contributed by atoms with Crippen LogP contribution in [0.25, 0.3) is 10.9 Å². The van der Waals surface area contributed by atoms with Crippen molar-refractivity contribution in [1.82, 2.24) is 9.88 Å². The van der Waals surface area contributed by atoms with Gasteiger partial charge in [0.15, 0.2) is 0 Å². The first-order chi connectivity index (χ1) is 12.9. The summed E-state index contributed by atoms with van der Waals surface area (Å²) in [6, 6.07) is 14.8. The number of carboxylic acids is 1. The molecule has 2 heterocycles. The van der Waals surface area contributed by atoms with Crippen LogP contribution >= 0.6 is 11.6 Å². The van der Waals surface area contributed by atoms with E-state index in [1.54, 1.807) is 30.3 Å². The van der Waals surface area contributed by atoms with Crippen molar-refractivity contribution in [2.24, 2.45) is 0 Å². The number of carboxylic acid groups (broad SMARTS) is 1. The second-order valence-corrected chi connectivity index (χ2v) is 7.59. The second-order valence-electron chi connectivity index (χ2n) is 7.18. The fourth-order valence-electron chi connectivity index (χ4n) is 3.48. The highest BCUT2D eigenvalue weighted by Crippen LogP contribution is 2.32. The number of aromatic carboxylic acids is 1. The number of hydrogen-bond acceptors (Lipinski definition) is 2. The number of halogens is 1. The second kappa shape index (κ2) is 8.59. The zero-order valence-corrected chi connectivity index (χ0v) is 16.5. The van der Waals surface area contributed by atoms with E-state index in [9.17, 15) is 4.79 Å². The van der Waals surface area contributed by atoms with E-state index in [2.05, 4.69) is 36.0 Å². The Balaban J connectivity index is 0.000000197. The molecule has 27 heavy (non-hydrogen) atoms. The summed E-state index contributed by atoms with van der Waals surface area (Å²) >= 11 is 6.30. The molecule has 1 aliphatic heterocycles. The lowest BCUT2D eigenvalue weighted by Crippen LogP contribution is -2.29. The molecule has 1 aliphatic rings. The quantitative estimate of drug-likeness (QED) is 0.628. The number of nitrogens with one attached hydrogen (secondary N) is 1. The Hall–Kier alpha value is -2.30. The Morgan fingerprint density at radius 3 is 2.41 bits per heavy atom. The summed E-state index contributed by atoms with van der Waals surface area (Å²) in [6.45, 7) is 4.47.